The molecule has 0 N–H and O–H groups in total. The third kappa shape index (κ3) is 3.89. The van der Waals surface area contributed by atoms with E-state index < -0.39 is 0 Å². The molecule has 0 bridgehead atoms. The number of thiazole rings is 1. The fourth-order valence-corrected chi connectivity index (χ4v) is 5.31. The summed E-state index contributed by atoms with van der Waals surface area (Å²) in [5, 5.41) is 1.88. The summed E-state index contributed by atoms with van der Waals surface area (Å²) >= 11 is 7.82. The summed E-state index contributed by atoms with van der Waals surface area (Å²) in [6.45, 7) is 2.28. The van der Waals surface area contributed by atoms with E-state index >= 15 is 0 Å². The SMILES string of the molecule is O=C(/C=C/c1ccc2c(c1)CCO2)N1CCC(c2nc3cc(Cl)ccc3s2)CC1. The molecule has 1 aromatic heterocycles. The number of nitrogens with zero attached hydrogens (tertiary/aromatic N) is 2. The summed E-state index contributed by atoms with van der Waals surface area (Å²) in [6, 6.07) is 12.0. The van der Waals surface area contributed by atoms with E-state index in [1.54, 1.807) is 17.4 Å². The molecule has 0 unspecified atom stereocenters. The van der Waals surface area contributed by atoms with Crippen LogP contribution in [0.1, 0.15) is 34.9 Å². The number of ether oxygens (including phenoxy) is 1. The van der Waals surface area contributed by atoms with E-state index in [2.05, 4.69) is 6.07 Å². The molecule has 0 atom stereocenters. The zero-order valence-corrected chi connectivity index (χ0v) is 17.5. The molecule has 2 aliphatic rings. The van der Waals surface area contributed by atoms with Crippen LogP contribution in [0.25, 0.3) is 16.3 Å². The summed E-state index contributed by atoms with van der Waals surface area (Å²) in [6.07, 6.45) is 6.44. The lowest BCUT2D eigenvalue weighted by molar-refractivity contribution is -0.126. The summed E-state index contributed by atoms with van der Waals surface area (Å²) in [5.41, 5.74) is 3.24. The third-order valence-corrected chi connectivity index (χ3v) is 7.09. The third-order valence-electron chi connectivity index (χ3n) is 5.65. The molecule has 6 heteroatoms. The van der Waals surface area contributed by atoms with Crippen LogP contribution < -0.4 is 4.74 Å². The van der Waals surface area contributed by atoms with Crippen LogP contribution in [-0.2, 0) is 11.2 Å². The number of rotatable bonds is 3. The van der Waals surface area contributed by atoms with Crippen molar-refractivity contribution < 1.29 is 9.53 Å². The highest BCUT2D eigenvalue weighted by Crippen LogP contribution is 2.34. The van der Waals surface area contributed by atoms with Crippen LogP contribution in [0.2, 0.25) is 5.02 Å². The van der Waals surface area contributed by atoms with E-state index in [-0.39, 0.29) is 5.91 Å². The van der Waals surface area contributed by atoms with Gasteiger partial charge in [-0.1, -0.05) is 17.7 Å². The van der Waals surface area contributed by atoms with Crippen LogP contribution >= 0.6 is 22.9 Å². The minimum Gasteiger partial charge on any atom is -0.493 e. The van der Waals surface area contributed by atoms with Gasteiger partial charge in [-0.15, -0.1) is 11.3 Å². The number of hydrogen-bond acceptors (Lipinski definition) is 4. The summed E-state index contributed by atoms with van der Waals surface area (Å²) in [4.78, 5) is 19.3. The lowest BCUT2D eigenvalue weighted by Crippen LogP contribution is -2.36. The second-order valence-electron chi connectivity index (χ2n) is 7.56. The van der Waals surface area contributed by atoms with E-state index in [9.17, 15) is 4.79 Å². The first kappa shape index (κ1) is 18.6. The minimum atomic E-state index is 0.0799. The molecule has 148 valence electrons. The topological polar surface area (TPSA) is 42.4 Å². The molecule has 1 amide bonds. The van der Waals surface area contributed by atoms with Gasteiger partial charge >= 0.3 is 0 Å². The maximum absolute atomic E-state index is 12.6. The Bertz CT molecular complexity index is 1100. The Morgan fingerprint density at radius 3 is 2.93 bits per heavy atom. The number of carbonyl (C=O) groups excluding carboxylic acids is 1. The average Bonchev–Trinajstić information content (AvgIpc) is 3.38. The first-order chi connectivity index (χ1) is 14.2. The van der Waals surface area contributed by atoms with Gasteiger partial charge in [0, 0.05) is 36.5 Å². The van der Waals surface area contributed by atoms with Gasteiger partial charge in [0.15, 0.2) is 0 Å². The number of halogens is 1. The van der Waals surface area contributed by atoms with E-state index in [0.29, 0.717) is 5.92 Å². The van der Waals surface area contributed by atoms with Gasteiger partial charge in [0.05, 0.1) is 21.8 Å². The lowest BCUT2D eigenvalue weighted by atomic mass is 9.97. The van der Waals surface area contributed by atoms with E-state index in [0.717, 1.165) is 65.8 Å². The van der Waals surface area contributed by atoms with Crippen molar-refractivity contribution in [2.45, 2.75) is 25.2 Å². The molecule has 3 heterocycles. The van der Waals surface area contributed by atoms with Crippen molar-refractivity contribution in [2.24, 2.45) is 0 Å². The van der Waals surface area contributed by atoms with Gasteiger partial charge in [-0.25, -0.2) is 4.98 Å². The number of carbonyl (C=O) groups is 1. The summed E-state index contributed by atoms with van der Waals surface area (Å²) < 4.78 is 6.71. The lowest BCUT2D eigenvalue weighted by Gasteiger charge is -2.30. The fourth-order valence-electron chi connectivity index (χ4n) is 4.02. The van der Waals surface area contributed by atoms with Gasteiger partial charge in [-0.2, -0.15) is 0 Å². The standard InChI is InChI=1S/C23H21ClN2O2S/c24-18-3-5-21-19(14-18)25-23(29-21)16-7-10-26(11-8-16)22(27)6-2-15-1-4-20-17(13-15)9-12-28-20/h1-6,13-14,16H,7-12H2/b6-2+. The Morgan fingerprint density at radius 1 is 1.21 bits per heavy atom. The molecule has 0 radical (unpaired) electrons. The highest BCUT2D eigenvalue weighted by molar-refractivity contribution is 7.18. The number of hydrogen-bond donors (Lipinski definition) is 0. The van der Waals surface area contributed by atoms with Crippen LogP contribution in [0.4, 0.5) is 0 Å². The Hall–Kier alpha value is -2.37. The Balaban J connectivity index is 1.21. The summed E-state index contributed by atoms with van der Waals surface area (Å²) in [7, 11) is 0. The average molecular weight is 425 g/mol. The van der Waals surface area contributed by atoms with Crippen molar-refractivity contribution in [1.29, 1.82) is 0 Å². The molecule has 3 aromatic rings. The minimum absolute atomic E-state index is 0.0799. The quantitative estimate of drug-likeness (QED) is 0.535. The van der Waals surface area contributed by atoms with Crippen molar-refractivity contribution in [3.8, 4) is 5.75 Å². The van der Waals surface area contributed by atoms with E-state index in [1.807, 2.05) is 41.3 Å². The molecular weight excluding hydrogens is 404 g/mol. The number of aromatic nitrogens is 1. The van der Waals surface area contributed by atoms with Crippen molar-refractivity contribution in [3.05, 3.63) is 63.6 Å². The van der Waals surface area contributed by atoms with Crippen molar-refractivity contribution >= 4 is 45.1 Å². The zero-order chi connectivity index (χ0) is 19.8. The smallest absolute Gasteiger partial charge is 0.246 e. The van der Waals surface area contributed by atoms with Crippen LogP contribution in [0.5, 0.6) is 5.75 Å². The second-order valence-corrected chi connectivity index (χ2v) is 9.06. The maximum Gasteiger partial charge on any atom is 0.246 e. The molecule has 0 spiro atoms. The largest absolute Gasteiger partial charge is 0.493 e. The highest BCUT2D eigenvalue weighted by Gasteiger charge is 2.25. The Morgan fingerprint density at radius 2 is 2.07 bits per heavy atom. The van der Waals surface area contributed by atoms with Gasteiger partial charge in [-0.05, 0) is 60.4 Å². The van der Waals surface area contributed by atoms with Crippen molar-refractivity contribution in [2.75, 3.05) is 19.7 Å². The molecule has 0 saturated carbocycles. The first-order valence-corrected chi connectivity index (χ1v) is 11.1. The normalized spacial score (nSPS) is 17.1. The molecule has 4 nitrogen and oxygen atoms in total. The molecule has 1 saturated heterocycles. The van der Waals surface area contributed by atoms with Crippen LogP contribution in [-0.4, -0.2) is 35.5 Å². The molecule has 0 aliphatic carbocycles. The number of benzene rings is 2. The molecule has 5 rings (SSSR count). The number of likely N-dealkylation sites (tertiary alicyclic amines) is 1. The second kappa shape index (κ2) is 7.81. The first-order valence-electron chi connectivity index (χ1n) is 9.94. The molecular formula is C23H21ClN2O2S. The predicted octanol–water partition coefficient (Wildman–Crippen LogP) is 5.30. The Labute approximate surface area is 178 Å². The number of amides is 1. The van der Waals surface area contributed by atoms with Crippen LogP contribution in [0.15, 0.2) is 42.5 Å². The van der Waals surface area contributed by atoms with Crippen molar-refractivity contribution in [3.63, 3.8) is 0 Å². The molecule has 2 aliphatic heterocycles. The summed E-state index contributed by atoms with van der Waals surface area (Å²) in [5.74, 6) is 1.46. The molecule has 2 aromatic carbocycles. The zero-order valence-electron chi connectivity index (χ0n) is 15.9. The molecule has 29 heavy (non-hydrogen) atoms. The predicted molar refractivity (Wildman–Crippen MR) is 118 cm³/mol. The highest BCUT2D eigenvalue weighted by atomic mass is 35.5. The Kier molecular flexibility index (Phi) is 5.02. The van der Waals surface area contributed by atoms with Gasteiger partial charge in [-0.3, -0.25) is 4.79 Å². The maximum atomic E-state index is 12.6. The van der Waals surface area contributed by atoms with Gasteiger partial charge in [0.2, 0.25) is 5.91 Å². The van der Waals surface area contributed by atoms with Gasteiger partial charge < -0.3 is 9.64 Å². The van der Waals surface area contributed by atoms with E-state index in [1.165, 1.54) is 10.3 Å². The van der Waals surface area contributed by atoms with Crippen LogP contribution in [0.3, 0.4) is 0 Å². The number of fused-ring (bicyclic) bond motifs is 2. The van der Waals surface area contributed by atoms with Crippen LogP contribution in [0, 0.1) is 0 Å². The van der Waals surface area contributed by atoms with E-state index in [4.69, 9.17) is 21.3 Å². The number of piperidine rings is 1. The monoisotopic (exact) mass is 424 g/mol. The van der Waals surface area contributed by atoms with Gasteiger partial charge in [0.25, 0.3) is 0 Å². The van der Waals surface area contributed by atoms with Gasteiger partial charge in [0.1, 0.15) is 5.75 Å². The fraction of sp³-hybridized carbons (Fsp3) is 0.304. The van der Waals surface area contributed by atoms with Crippen molar-refractivity contribution in [1.82, 2.24) is 9.88 Å². The molecule has 1 fully saturated rings.